The summed E-state index contributed by atoms with van der Waals surface area (Å²) in [6.45, 7) is 21.3. The van der Waals surface area contributed by atoms with E-state index in [-0.39, 0.29) is 29.0 Å². The first kappa shape index (κ1) is 35.4. The maximum absolute atomic E-state index is 14.5. The number of benzene rings is 2. The smallest absolute Gasteiger partial charge is 0.307 e. The van der Waals surface area contributed by atoms with E-state index in [1.54, 1.807) is 11.1 Å². The molecule has 0 fully saturated rings. The van der Waals surface area contributed by atoms with Gasteiger partial charge in [-0.1, -0.05) is 97.1 Å². The molecule has 0 aliphatic carbocycles. The Kier molecular flexibility index (Phi) is 11.7. The number of H-pyrrole nitrogens is 1. The van der Waals surface area contributed by atoms with Crippen LogP contribution in [-0.4, -0.2) is 46.1 Å². The third kappa shape index (κ3) is 7.94. The van der Waals surface area contributed by atoms with Gasteiger partial charge in [-0.05, 0) is 86.1 Å². The molecule has 2 aromatic heterocycles. The van der Waals surface area contributed by atoms with Crippen molar-refractivity contribution in [2.24, 2.45) is 0 Å². The molecule has 7 nitrogen and oxygen atoms in total. The highest BCUT2D eigenvalue weighted by Gasteiger charge is 2.27. The van der Waals surface area contributed by atoms with Crippen LogP contribution in [0.25, 0.3) is 22.2 Å². The number of para-hydroxylation sites is 1. The molecule has 2 amide bonds. The van der Waals surface area contributed by atoms with Gasteiger partial charge in [-0.15, -0.1) is 0 Å². The van der Waals surface area contributed by atoms with E-state index >= 15 is 0 Å². The second-order valence-corrected chi connectivity index (χ2v) is 13.2. The second-order valence-electron chi connectivity index (χ2n) is 13.2. The highest BCUT2D eigenvalue weighted by atomic mass is 16.2. The number of amides is 2. The van der Waals surface area contributed by atoms with Crippen molar-refractivity contribution in [2.45, 2.75) is 92.5 Å². The number of anilines is 2. The summed E-state index contributed by atoms with van der Waals surface area (Å²) in [7, 11) is 0. The SMILES string of the molecule is CCCCN(C(=O)Nc1c(C(C)C)cccc1C(C)C)c1c(-c2cccc(C#CC(C)(C)N(CC)CC)c2)c2cccnc2[nH]c1=O. The van der Waals surface area contributed by atoms with Gasteiger partial charge in [0.05, 0.1) is 5.54 Å². The van der Waals surface area contributed by atoms with Crippen molar-refractivity contribution >= 4 is 28.4 Å². The van der Waals surface area contributed by atoms with Crippen molar-refractivity contribution in [2.75, 3.05) is 29.9 Å². The monoisotopic (exact) mass is 633 g/mol. The van der Waals surface area contributed by atoms with Crippen LogP contribution < -0.4 is 15.8 Å². The number of hydrogen-bond donors (Lipinski definition) is 2. The normalized spacial score (nSPS) is 11.7. The number of unbranched alkanes of at least 4 members (excludes halogenated alkanes) is 1. The van der Waals surface area contributed by atoms with Crippen LogP contribution in [0, 0.1) is 11.8 Å². The molecule has 0 atom stereocenters. The van der Waals surface area contributed by atoms with E-state index in [1.807, 2.05) is 42.5 Å². The van der Waals surface area contributed by atoms with Gasteiger partial charge in [0.25, 0.3) is 5.56 Å². The Labute approximate surface area is 280 Å². The molecule has 0 aliphatic heterocycles. The number of aromatic nitrogens is 2. The first-order chi connectivity index (χ1) is 22.4. The van der Waals surface area contributed by atoms with E-state index in [9.17, 15) is 9.59 Å². The Morgan fingerprint density at radius 2 is 1.62 bits per heavy atom. The topological polar surface area (TPSA) is 81.3 Å². The molecule has 2 heterocycles. The van der Waals surface area contributed by atoms with Gasteiger partial charge in [-0.3, -0.25) is 14.6 Å². The van der Waals surface area contributed by atoms with E-state index in [4.69, 9.17) is 0 Å². The molecule has 0 saturated heterocycles. The molecular weight excluding hydrogens is 582 g/mol. The molecule has 4 rings (SSSR count). The summed E-state index contributed by atoms with van der Waals surface area (Å²) in [6, 6.07) is 17.6. The minimum Gasteiger partial charge on any atom is -0.307 e. The molecule has 0 aliphatic rings. The third-order valence-electron chi connectivity index (χ3n) is 8.83. The van der Waals surface area contributed by atoms with Gasteiger partial charge >= 0.3 is 6.03 Å². The quantitative estimate of drug-likeness (QED) is 0.161. The molecule has 0 spiro atoms. The average molecular weight is 634 g/mol. The summed E-state index contributed by atoms with van der Waals surface area (Å²) in [5.74, 6) is 7.26. The number of carbonyl (C=O) groups is 1. The number of pyridine rings is 2. The van der Waals surface area contributed by atoms with Crippen LogP contribution in [-0.2, 0) is 0 Å². The zero-order valence-corrected chi connectivity index (χ0v) is 29.6. The molecule has 0 radical (unpaired) electrons. The maximum atomic E-state index is 14.5. The number of nitrogens with zero attached hydrogens (tertiary/aromatic N) is 3. The van der Waals surface area contributed by atoms with Crippen LogP contribution in [0.3, 0.4) is 0 Å². The van der Waals surface area contributed by atoms with Crippen LogP contribution >= 0.6 is 0 Å². The lowest BCUT2D eigenvalue weighted by atomic mass is 9.92. The lowest BCUT2D eigenvalue weighted by Gasteiger charge is -2.32. The highest BCUT2D eigenvalue weighted by molar-refractivity contribution is 6.09. The lowest BCUT2D eigenvalue weighted by Crippen LogP contribution is -2.42. The predicted octanol–water partition coefficient (Wildman–Crippen LogP) is 9.15. The van der Waals surface area contributed by atoms with Gasteiger partial charge in [-0.2, -0.15) is 0 Å². The van der Waals surface area contributed by atoms with Gasteiger partial charge in [-0.25, -0.2) is 9.78 Å². The zero-order valence-electron chi connectivity index (χ0n) is 29.6. The Morgan fingerprint density at radius 1 is 0.957 bits per heavy atom. The fourth-order valence-electron chi connectivity index (χ4n) is 6.24. The number of aromatic amines is 1. The standard InChI is InChI=1S/C40H51N5O2/c1-10-13-25-45(39(47)42-35-31(27(4)5)19-15-20-32(35)28(6)7)36-34(33-21-16-24-41-37(33)43-38(36)46)30-18-14-17-29(26-30)22-23-40(8,9)44(11-2)12-3/h14-21,24,26-28H,10-13,25H2,1-9H3,(H,42,47)(H,41,43,46). The Hall–Kier alpha value is -4.41. The molecular formula is C40H51N5O2. The van der Waals surface area contributed by atoms with Crippen molar-refractivity contribution in [3.05, 3.63) is 87.8 Å². The van der Waals surface area contributed by atoms with Crippen molar-refractivity contribution < 1.29 is 4.79 Å². The fraction of sp³-hybridized carbons (Fsp3) is 0.425. The van der Waals surface area contributed by atoms with Crippen molar-refractivity contribution in [1.29, 1.82) is 0 Å². The highest BCUT2D eigenvalue weighted by Crippen LogP contribution is 2.36. The van der Waals surface area contributed by atoms with Crippen molar-refractivity contribution in [1.82, 2.24) is 14.9 Å². The van der Waals surface area contributed by atoms with E-state index in [0.717, 1.165) is 59.3 Å². The summed E-state index contributed by atoms with van der Waals surface area (Å²) >= 11 is 0. The summed E-state index contributed by atoms with van der Waals surface area (Å²) in [4.78, 5) is 39.9. The molecule has 2 N–H and O–H groups in total. The number of rotatable bonds is 11. The summed E-state index contributed by atoms with van der Waals surface area (Å²) in [5.41, 5.74) is 5.36. The third-order valence-corrected chi connectivity index (χ3v) is 8.83. The maximum Gasteiger partial charge on any atom is 0.326 e. The van der Waals surface area contributed by atoms with Gasteiger partial charge in [0.2, 0.25) is 0 Å². The molecule has 0 bridgehead atoms. The largest absolute Gasteiger partial charge is 0.326 e. The Morgan fingerprint density at radius 3 is 2.23 bits per heavy atom. The summed E-state index contributed by atoms with van der Waals surface area (Å²) in [6.07, 6.45) is 3.25. The van der Waals surface area contributed by atoms with Gasteiger partial charge in [0, 0.05) is 34.9 Å². The molecule has 4 aromatic rings. The second kappa shape index (κ2) is 15.5. The van der Waals surface area contributed by atoms with Gasteiger partial charge < -0.3 is 10.3 Å². The average Bonchev–Trinajstić information content (AvgIpc) is 3.04. The number of carbonyl (C=O) groups excluding carboxylic acids is 1. The van der Waals surface area contributed by atoms with E-state index in [2.05, 4.69) is 106 Å². The van der Waals surface area contributed by atoms with E-state index in [1.165, 1.54) is 0 Å². The Bertz CT molecular complexity index is 1800. The predicted molar refractivity (Wildman–Crippen MR) is 198 cm³/mol. The van der Waals surface area contributed by atoms with Crippen molar-refractivity contribution in [3.63, 3.8) is 0 Å². The van der Waals surface area contributed by atoms with Crippen LogP contribution in [0.1, 0.15) is 104 Å². The lowest BCUT2D eigenvalue weighted by molar-refractivity contribution is 0.189. The van der Waals surface area contributed by atoms with Gasteiger partial charge in [0.1, 0.15) is 11.3 Å². The molecule has 0 saturated carbocycles. The van der Waals surface area contributed by atoms with Gasteiger partial charge in [0.15, 0.2) is 0 Å². The summed E-state index contributed by atoms with van der Waals surface area (Å²) < 4.78 is 0. The number of hydrogen-bond acceptors (Lipinski definition) is 4. The molecule has 2 aromatic carbocycles. The van der Waals surface area contributed by atoms with Crippen molar-refractivity contribution in [3.8, 4) is 23.0 Å². The van der Waals surface area contributed by atoms with Crippen LogP contribution in [0.15, 0.2) is 65.6 Å². The minimum absolute atomic E-state index is 0.203. The molecule has 47 heavy (non-hydrogen) atoms. The molecule has 7 heteroatoms. The first-order valence-corrected chi connectivity index (χ1v) is 17.0. The van der Waals surface area contributed by atoms with Crippen LogP contribution in [0.4, 0.5) is 16.2 Å². The van der Waals surface area contributed by atoms with E-state index in [0.29, 0.717) is 23.4 Å². The van der Waals surface area contributed by atoms with Crippen LogP contribution in [0.2, 0.25) is 0 Å². The number of urea groups is 1. The zero-order chi connectivity index (χ0) is 34.3. The molecule has 0 unspecified atom stereocenters. The van der Waals surface area contributed by atoms with Crippen LogP contribution in [0.5, 0.6) is 0 Å². The van der Waals surface area contributed by atoms with E-state index < -0.39 is 0 Å². The number of nitrogens with one attached hydrogen (secondary N) is 2. The fourth-order valence-corrected chi connectivity index (χ4v) is 6.24. The minimum atomic E-state index is -0.363. The summed E-state index contributed by atoms with van der Waals surface area (Å²) in [5, 5.41) is 4.02. The Balaban J connectivity index is 1.92. The first-order valence-electron chi connectivity index (χ1n) is 17.0. The number of fused-ring (bicyclic) bond motifs is 1. The molecule has 248 valence electrons.